The van der Waals surface area contributed by atoms with Gasteiger partial charge in [-0.05, 0) is 47.5 Å². The summed E-state index contributed by atoms with van der Waals surface area (Å²) >= 11 is 3.67. The second kappa shape index (κ2) is 11.2. The average Bonchev–Trinajstić information content (AvgIpc) is 3.88. The molecule has 0 aliphatic carbocycles. The molecule has 0 spiro atoms. The third-order valence-corrected chi connectivity index (χ3v) is 12.2. The van der Waals surface area contributed by atoms with Crippen molar-refractivity contribution in [1.29, 1.82) is 0 Å². The van der Waals surface area contributed by atoms with Crippen molar-refractivity contribution >= 4 is 84.8 Å². The summed E-state index contributed by atoms with van der Waals surface area (Å²) in [5, 5.41) is 7.44. The van der Waals surface area contributed by atoms with Crippen molar-refractivity contribution in [2.75, 3.05) is 0 Å². The van der Waals surface area contributed by atoms with Crippen molar-refractivity contribution in [3.8, 4) is 39.9 Å². The number of hydrogen-bond acceptors (Lipinski definition) is 5. The Kier molecular flexibility index (Phi) is 6.26. The van der Waals surface area contributed by atoms with E-state index in [4.69, 9.17) is 15.0 Å². The van der Waals surface area contributed by atoms with Gasteiger partial charge in [-0.3, -0.25) is 4.57 Å². The van der Waals surface area contributed by atoms with Gasteiger partial charge in [-0.1, -0.05) is 121 Å². The molecule has 238 valence electrons. The smallest absolute Gasteiger partial charge is 0.238 e. The number of aromatic nitrogens is 4. The van der Waals surface area contributed by atoms with E-state index in [0.29, 0.717) is 17.6 Å². The molecule has 0 radical (unpaired) electrons. The Morgan fingerprint density at radius 2 is 0.902 bits per heavy atom. The third kappa shape index (κ3) is 4.34. The lowest BCUT2D eigenvalue weighted by Crippen LogP contribution is -2.06. The Labute approximate surface area is 300 Å². The van der Waals surface area contributed by atoms with Crippen LogP contribution < -0.4 is 0 Å². The number of hydrogen-bond donors (Lipinski definition) is 0. The minimum Gasteiger partial charge on any atom is -0.278 e. The molecule has 0 saturated carbocycles. The summed E-state index contributed by atoms with van der Waals surface area (Å²) < 4.78 is 7.21. The van der Waals surface area contributed by atoms with Crippen LogP contribution in [0.25, 0.3) is 102 Å². The molecule has 0 aliphatic rings. The maximum Gasteiger partial charge on any atom is 0.238 e. The highest BCUT2D eigenvalue weighted by Crippen LogP contribution is 2.47. The van der Waals surface area contributed by atoms with Gasteiger partial charge in [-0.15, -0.1) is 22.7 Å². The van der Waals surface area contributed by atoms with Crippen molar-refractivity contribution < 1.29 is 0 Å². The highest BCUT2D eigenvalue weighted by molar-refractivity contribution is 7.26. The Morgan fingerprint density at radius 1 is 0.373 bits per heavy atom. The maximum atomic E-state index is 5.29. The quantitative estimate of drug-likeness (QED) is 0.185. The molecule has 4 heterocycles. The Hall–Kier alpha value is -6.21. The van der Waals surface area contributed by atoms with Gasteiger partial charge in [0.1, 0.15) is 0 Å². The van der Waals surface area contributed by atoms with Crippen LogP contribution >= 0.6 is 22.7 Å². The van der Waals surface area contributed by atoms with Gasteiger partial charge >= 0.3 is 0 Å². The largest absolute Gasteiger partial charge is 0.278 e. The van der Waals surface area contributed by atoms with Gasteiger partial charge in [0.2, 0.25) is 5.95 Å². The predicted molar refractivity (Wildman–Crippen MR) is 216 cm³/mol. The van der Waals surface area contributed by atoms with Gasteiger partial charge < -0.3 is 0 Å². The Balaban J connectivity index is 1.19. The predicted octanol–water partition coefficient (Wildman–Crippen LogP) is 12.7. The second-order valence-electron chi connectivity index (χ2n) is 12.8. The van der Waals surface area contributed by atoms with E-state index in [2.05, 4.69) is 144 Å². The molecule has 0 amide bonds. The lowest BCUT2D eigenvalue weighted by atomic mass is 9.95. The molecular weight excluding hydrogens is 661 g/mol. The molecule has 0 unspecified atom stereocenters. The van der Waals surface area contributed by atoms with E-state index in [1.807, 2.05) is 40.9 Å². The Morgan fingerprint density at radius 3 is 1.65 bits per heavy atom. The first-order valence-electron chi connectivity index (χ1n) is 17.0. The minimum atomic E-state index is 0.603. The molecule has 11 rings (SSSR count). The topological polar surface area (TPSA) is 43.6 Å². The van der Waals surface area contributed by atoms with Crippen molar-refractivity contribution in [3.05, 3.63) is 158 Å². The summed E-state index contributed by atoms with van der Waals surface area (Å²) in [6, 6.07) is 55.9. The van der Waals surface area contributed by atoms with Crippen LogP contribution in [0.4, 0.5) is 0 Å². The molecule has 51 heavy (non-hydrogen) atoms. The summed E-state index contributed by atoms with van der Waals surface area (Å²) in [5.74, 6) is 1.91. The monoisotopic (exact) mass is 686 g/mol. The van der Waals surface area contributed by atoms with E-state index in [1.54, 1.807) is 0 Å². The number of para-hydroxylation sites is 2. The molecule has 0 saturated heterocycles. The van der Waals surface area contributed by atoms with Gasteiger partial charge in [0.25, 0.3) is 0 Å². The van der Waals surface area contributed by atoms with Gasteiger partial charge in [0.05, 0.1) is 11.0 Å². The minimum absolute atomic E-state index is 0.603. The van der Waals surface area contributed by atoms with Crippen molar-refractivity contribution in [2.24, 2.45) is 0 Å². The fourth-order valence-electron chi connectivity index (χ4n) is 7.69. The van der Waals surface area contributed by atoms with Crippen LogP contribution in [0.2, 0.25) is 0 Å². The molecule has 0 aliphatic heterocycles. The standard InChI is InChI=1S/C45H26N4S2/c1-2-13-27(14-3-1)43-46-44(48-45(47-43)49-35-22-7-4-15-28(35)29-16-5-8-23-36(29)49)34-21-10-20-33-41-31(19-12-26-39(41)51-42(33)34)30-18-11-25-38-40(30)32-17-6-9-24-37(32)50-38/h1-26H. The molecular formula is C45H26N4S2. The van der Waals surface area contributed by atoms with Gasteiger partial charge in [-0.2, -0.15) is 9.97 Å². The summed E-state index contributed by atoms with van der Waals surface area (Å²) in [5.41, 5.74) is 6.59. The van der Waals surface area contributed by atoms with Crippen LogP contribution in [0.3, 0.4) is 0 Å². The van der Waals surface area contributed by atoms with E-state index in [9.17, 15) is 0 Å². The van der Waals surface area contributed by atoms with E-state index < -0.39 is 0 Å². The van der Waals surface area contributed by atoms with Gasteiger partial charge in [0.15, 0.2) is 11.6 Å². The zero-order valence-corrected chi connectivity index (χ0v) is 28.7. The highest BCUT2D eigenvalue weighted by atomic mass is 32.1. The van der Waals surface area contributed by atoms with Gasteiger partial charge in [-0.25, -0.2) is 4.98 Å². The molecule has 0 atom stereocenters. The first kappa shape index (κ1) is 28.6. The summed E-state index contributed by atoms with van der Waals surface area (Å²) in [4.78, 5) is 15.6. The number of nitrogens with zero attached hydrogens (tertiary/aromatic N) is 4. The zero-order chi connectivity index (χ0) is 33.5. The van der Waals surface area contributed by atoms with Crippen LogP contribution in [0, 0.1) is 0 Å². The lowest BCUT2D eigenvalue weighted by Gasteiger charge is -2.11. The molecule has 6 heteroatoms. The summed E-state index contributed by atoms with van der Waals surface area (Å²) in [6.07, 6.45) is 0. The molecule has 4 nitrogen and oxygen atoms in total. The highest BCUT2D eigenvalue weighted by Gasteiger charge is 2.21. The normalized spacial score (nSPS) is 11.9. The van der Waals surface area contributed by atoms with Crippen LogP contribution in [-0.2, 0) is 0 Å². The van der Waals surface area contributed by atoms with E-state index >= 15 is 0 Å². The van der Waals surface area contributed by atoms with Crippen LogP contribution in [0.1, 0.15) is 0 Å². The van der Waals surface area contributed by atoms with E-state index in [-0.39, 0.29) is 0 Å². The van der Waals surface area contributed by atoms with Crippen molar-refractivity contribution in [1.82, 2.24) is 19.5 Å². The zero-order valence-electron chi connectivity index (χ0n) is 27.1. The first-order chi connectivity index (χ1) is 25.3. The fourth-order valence-corrected chi connectivity index (χ4v) is 10.1. The molecule has 0 fully saturated rings. The van der Waals surface area contributed by atoms with Crippen LogP contribution in [-0.4, -0.2) is 19.5 Å². The van der Waals surface area contributed by atoms with E-state index in [1.165, 1.54) is 62.2 Å². The molecule has 7 aromatic carbocycles. The third-order valence-electron chi connectivity index (χ3n) is 9.89. The van der Waals surface area contributed by atoms with Gasteiger partial charge in [0, 0.05) is 62.2 Å². The first-order valence-corrected chi connectivity index (χ1v) is 18.6. The Bertz CT molecular complexity index is 3100. The number of benzene rings is 7. The number of rotatable bonds is 4. The fraction of sp³-hybridized carbons (Fsp3) is 0. The maximum absolute atomic E-state index is 5.29. The number of fused-ring (bicyclic) bond motifs is 9. The van der Waals surface area contributed by atoms with Crippen LogP contribution in [0.15, 0.2) is 158 Å². The van der Waals surface area contributed by atoms with Crippen molar-refractivity contribution in [2.45, 2.75) is 0 Å². The summed E-state index contributed by atoms with van der Waals surface area (Å²) in [6.45, 7) is 0. The number of thiophene rings is 2. The van der Waals surface area contributed by atoms with Crippen LogP contribution in [0.5, 0.6) is 0 Å². The molecule has 0 bridgehead atoms. The second-order valence-corrected chi connectivity index (χ2v) is 14.9. The molecule has 4 aromatic heterocycles. The van der Waals surface area contributed by atoms with Crippen molar-refractivity contribution in [3.63, 3.8) is 0 Å². The SMILES string of the molecule is c1ccc(-c2nc(-c3cccc4c3sc3cccc(-c5cccc6sc7ccccc7c56)c34)nc(-n3c4ccccc4c4ccccc43)n2)cc1. The lowest BCUT2D eigenvalue weighted by molar-refractivity contribution is 0.954. The average molecular weight is 687 g/mol. The summed E-state index contributed by atoms with van der Waals surface area (Å²) in [7, 11) is 0. The van der Waals surface area contributed by atoms with E-state index in [0.717, 1.165) is 22.2 Å². The molecule has 0 N–H and O–H groups in total. The molecule has 11 aromatic rings.